The summed E-state index contributed by atoms with van der Waals surface area (Å²) in [6, 6.07) is 6.01. The first kappa shape index (κ1) is 28.1. The molecule has 0 unspecified atom stereocenters. The lowest BCUT2D eigenvalue weighted by Crippen LogP contribution is -2.48. The van der Waals surface area contributed by atoms with Crippen LogP contribution in [-0.4, -0.2) is 94.9 Å². The monoisotopic (exact) mass is 576 g/mol. The van der Waals surface area contributed by atoms with Gasteiger partial charge in [0, 0.05) is 79.2 Å². The first-order valence-corrected chi connectivity index (χ1v) is 12.1. The second kappa shape index (κ2) is 15.0. The molecule has 33 heavy (non-hydrogen) atoms. The van der Waals surface area contributed by atoms with E-state index in [0.717, 1.165) is 89.8 Å². The van der Waals surface area contributed by atoms with Gasteiger partial charge in [-0.15, -0.1) is 24.0 Å². The maximum atomic E-state index is 14.8. The Morgan fingerprint density at radius 3 is 2.45 bits per heavy atom. The zero-order chi connectivity index (χ0) is 22.8. The fourth-order valence-electron chi connectivity index (χ4n) is 4.53. The van der Waals surface area contributed by atoms with Crippen molar-refractivity contribution in [2.24, 2.45) is 4.99 Å². The summed E-state index contributed by atoms with van der Waals surface area (Å²) in [6.07, 6.45) is 3.28. The van der Waals surface area contributed by atoms with Crippen LogP contribution >= 0.6 is 24.0 Å². The number of aliphatic imine (C=N–C) groups is 1. The highest BCUT2D eigenvalue weighted by Crippen LogP contribution is 2.22. The zero-order valence-corrected chi connectivity index (χ0v) is 22.8. The van der Waals surface area contributed by atoms with Crippen molar-refractivity contribution in [3.8, 4) is 0 Å². The third-order valence-corrected chi connectivity index (χ3v) is 6.61. The van der Waals surface area contributed by atoms with Crippen molar-refractivity contribution in [1.82, 2.24) is 20.4 Å². The number of halogens is 2. The second-order valence-electron chi connectivity index (χ2n) is 8.74. The lowest BCUT2D eigenvalue weighted by Gasteiger charge is -2.35. The number of piperazine rings is 1. The van der Waals surface area contributed by atoms with Crippen molar-refractivity contribution >= 4 is 35.6 Å². The number of hydrogen-bond acceptors (Lipinski definition) is 5. The molecule has 2 heterocycles. The molecule has 1 aromatic carbocycles. The van der Waals surface area contributed by atoms with Gasteiger partial charge in [-0.1, -0.05) is 13.0 Å². The molecule has 0 saturated carbocycles. The maximum absolute atomic E-state index is 14.8. The van der Waals surface area contributed by atoms with E-state index in [2.05, 4.69) is 37.2 Å². The molecule has 0 amide bonds. The Morgan fingerprint density at radius 1 is 1.12 bits per heavy atom. The van der Waals surface area contributed by atoms with E-state index in [-0.39, 0.29) is 29.8 Å². The quantitative estimate of drug-likeness (QED) is 0.204. The molecule has 9 heteroatoms. The second-order valence-corrected chi connectivity index (χ2v) is 8.74. The number of likely N-dealkylation sites (N-methyl/N-ethyl adjacent to an activating group) is 1. The molecule has 2 aliphatic rings. The van der Waals surface area contributed by atoms with E-state index in [1.807, 2.05) is 12.1 Å². The first-order valence-electron chi connectivity index (χ1n) is 12.1. The Bertz CT molecular complexity index is 721. The summed E-state index contributed by atoms with van der Waals surface area (Å²) in [6.45, 7) is 11.6. The predicted octanol–water partition coefficient (Wildman–Crippen LogP) is 2.75. The maximum Gasteiger partial charge on any atom is 0.191 e. The van der Waals surface area contributed by atoms with Gasteiger partial charge in [-0.05, 0) is 43.5 Å². The van der Waals surface area contributed by atoms with Gasteiger partial charge in [0.25, 0.3) is 0 Å². The summed E-state index contributed by atoms with van der Waals surface area (Å²) in [5, 5.41) is 6.88. The van der Waals surface area contributed by atoms with E-state index in [1.165, 1.54) is 0 Å². The number of hydrogen-bond donors (Lipinski definition) is 2. The molecular weight excluding hydrogens is 534 g/mol. The van der Waals surface area contributed by atoms with Gasteiger partial charge in [-0.25, -0.2) is 4.39 Å². The molecule has 0 radical (unpaired) electrons. The molecule has 7 nitrogen and oxygen atoms in total. The lowest BCUT2D eigenvalue weighted by atomic mass is 10.1. The van der Waals surface area contributed by atoms with Crippen LogP contribution in [0.15, 0.2) is 23.2 Å². The number of nitrogens with zero attached hydrogens (tertiary/aromatic N) is 4. The van der Waals surface area contributed by atoms with Crippen molar-refractivity contribution < 1.29 is 9.13 Å². The molecule has 0 aliphatic carbocycles. The number of likely N-dealkylation sites (tertiary alicyclic amines) is 1. The van der Waals surface area contributed by atoms with Crippen LogP contribution in [0.5, 0.6) is 0 Å². The van der Waals surface area contributed by atoms with E-state index in [1.54, 1.807) is 20.2 Å². The molecule has 0 aromatic heterocycles. The molecule has 2 saturated heterocycles. The normalized spacial score (nSPS) is 18.8. The number of methoxy groups -OCH3 is 1. The third-order valence-electron chi connectivity index (χ3n) is 6.61. The van der Waals surface area contributed by atoms with Gasteiger partial charge in [0.05, 0.1) is 5.69 Å². The number of guanidine groups is 1. The Morgan fingerprint density at radius 2 is 1.85 bits per heavy atom. The van der Waals surface area contributed by atoms with Gasteiger partial charge in [0.2, 0.25) is 0 Å². The first-order chi connectivity index (χ1) is 15.6. The fourth-order valence-corrected chi connectivity index (χ4v) is 4.53. The minimum atomic E-state index is -0.141. The molecule has 0 atom stereocenters. The minimum absolute atomic E-state index is 0. The van der Waals surface area contributed by atoms with Gasteiger partial charge < -0.3 is 30.1 Å². The molecule has 188 valence electrons. The summed E-state index contributed by atoms with van der Waals surface area (Å²) in [4.78, 5) is 11.4. The van der Waals surface area contributed by atoms with E-state index >= 15 is 0 Å². The van der Waals surface area contributed by atoms with E-state index in [0.29, 0.717) is 18.3 Å². The summed E-state index contributed by atoms with van der Waals surface area (Å²) < 4.78 is 19.9. The Hall–Kier alpha value is -1.17. The third kappa shape index (κ3) is 8.84. The highest BCUT2D eigenvalue weighted by molar-refractivity contribution is 14.0. The van der Waals surface area contributed by atoms with Crippen LogP contribution in [0.25, 0.3) is 0 Å². The average Bonchev–Trinajstić information content (AvgIpc) is 2.83. The molecule has 3 rings (SSSR count). The molecule has 2 fully saturated rings. The van der Waals surface area contributed by atoms with Crippen LogP contribution in [0.1, 0.15) is 31.7 Å². The van der Waals surface area contributed by atoms with Gasteiger partial charge in [-0.3, -0.25) is 4.99 Å². The molecule has 2 N–H and O–H groups in total. The van der Waals surface area contributed by atoms with Crippen molar-refractivity contribution in [3.05, 3.63) is 29.6 Å². The largest absolute Gasteiger partial charge is 0.385 e. The number of benzene rings is 1. The number of rotatable bonds is 9. The molecule has 0 spiro atoms. The highest BCUT2D eigenvalue weighted by Gasteiger charge is 2.20. The SMILES string of the molecule is CCN1CCN(c2ccc(CNC(=NC)NC3CCN(CCCOC)CC3)cc2F)CC1.I. The summed E-state index contributed by atoms with van der Waals surface area (Å²) in [5.74, 6) is 0.640. The number of ether oxygens (including phenoxy) is 1. The van der Waals surface area contributed by atoms with Crippen LogP contribution in [-0.2, 0) is 11.3 Å². The Labute approximate surface area is 216 Å². The van der Waals surface area contributed by atoms with Crippen LogP contribution in [0.3, 0.4) is 0 Å². The molecule has 1 aromatic rings. The summed E-state index contributed by atoms with van der Waals surface area (Å²) >= 11 is 0. The van der Waals surface area contributed by atoms with Gasteiger partial charge in [0.1, 0.15) is 5.82 Å². The van der Waals surface area contributed by atoms with Crippen LogP contribution in [0, 0.1) is 5.82 Å². The average molecular weight is 577 g/mol. The van der Waals surface area contributed by atoms with E-state index < -0.39 is 0 Å². The van der Waals surface area contributed by atoms with Gasteiger partial charge in [-0.2, -0.15) is 0 Å². The topological polar surface area (TPSA) is 55.4 Å². The van der Waals surface area contributed by atoms with Crippen molar-refractivity contribution in [3.63, 3.8) is 0 Å². The van der Waals surface area contributed by atoms with Crippen molar-refractivity contribution in [1.29, 1.82) is 0 Å². The Balaban J connectivity index is 0.00000385. The van der Waals surface area contributed by atoms with E-state index in [4.69, 9.17) is 4.74 Å². The van der Waals surface area contributed by atoms with Crippen molar-refractivity contribution in [2.75, 3.05) is 78.0 Å². The molecule has 0 bridgehead atoms. The van der Waals surface area contributed by atoms with Gasteiger partial charge >= 0.3 is 0 Å². The summed E-state index contributed by atoms with van der Waals surface area (Å²) in [7, 11) is 3.54. The zero-order valence-electron chi connectivity index (χ0n) is 20.5. The Kier molecular flexibility index (Phi) is 12.7. The smallest absolute Gasteiger partial charge is 0.191 e. The number of anilines is 1. The minimum Gasteiger partial charge on any atom is -0.385 e. The van der Waals surface area contributed by atoms with Gasteiger partial charge in [0.15, 0.2) is 5.96 Å². The number of nitrogens with one attached hydrogen (secondary N) is 2. The predicted molar refractivity (Wildman–Crippen MR) is 145 cm³/mol. The van der Waals surface area contributed by atoms with Crippen LogP contribution in [0.2, 0.25) is 0 Å². The number of piperidine rings is 1. The summed E-state index contributed by atoms with van der Waals surface area (Å²) in [5.41, 5.74) is 1.64. The van der Waals surface area contributed by atoms with Crippen LogP contribution < -0.4 is 15.5 Å². The van der Waals surface area contributed by atoms with Crippen molar-refractivity contribution in [2.45, 2.75) is 38.8 Å². The van der Waals surface area contributed by atoms with Crippen LogP contribution in [0.4, 0.5) is 10.1 Å². The highest BCUT2D eigenvalue weighted by atomic mass is 127. The van der Waals surface area contributed by atoms with E-state index in [9.17, 15) is 4.39 Å². The standard InChI is InChI=1S/C24H41FN6O.HI/c1-4-29-13-15-31(16-14-29)23-7-6-20(18-22(23)25)19-27-24(26-2)28-21-8-11-30(12-9-21)10-5-17-32-3;/h6-7,18,21H,4-5,8-17,19H2,1-3H3,(H2,26,27,28);1H. The molecular formula is C24H42FIN6O. The lowest BCUT2D eigenvalue weighted by molar-refractivity contribution is 0.155. The fraction of sp³-hybridized carbons (Fsp3) is 0.708. The molecule has 2 aliphatic heterocycles.